The summed E-state index contributed by atoms with van der Waals surface area (Å²) in [5.74, 6) is 0. The lowest BCUT2D eigenvalue weighted by Crippen LogP contribution is -2.40. The molecule has 0 aliphatic heterocycles. The maximum Gasteiger partial charge on any atom is 0.405 e. The normalized spacial score (nSPS) is 11.3. The maximum absolute atomic E-state index is 10.4. The van der Waals surface area contributed by atoms with E-state index in [1.54, 1.807) is 27.1 Å². The molecule has 0 unspecified atom stereocenters. The van der Waals surface area contributed by atoms with Gasteiger partial charge in [0.2, 0.25) is 0 Å². The molecule has 0 radical (unpaired) electrons. The number of nitrogens with zero attached hydrogens (tertiary/aromatic N) is 3. The van der Waals surface area contributed by atoms with E-state index in [9.17, 15) is 4.79 Å². The Morgan fingerprint density at radius 1 is 1.69 bits per heavy atom. The Bertz CT molecular complexity index is 318. The van der Waals surface area contributed by atoms with Gasteiger partial charge in [-0.15, -0.1) is 5.10 Å². The number of aromatic nitrogens is 3. The Balaban J connectivity index is 2.86. The Labute approximate surface area is 75.6 Å². The Hall–Kier alpha value is -1.59. The lowest BCUT2D eigenvalue weighted by Gasteiger charge is -2.21. The molecule has 1 heterocycles. The minimum absolute atomic E-state index is 0.595. The minimum Gasteiger partial charge on any atom is -0.465 e. The van der Waals surface area contributed by atoms with Crippen molar-refractivity contribution >= 4 is 6.09 Å². The monoisotopic (exact) mass is 184 g/mol. The van der Waals surface area contributed by atoms with Crippen LogP contribution in [0.5, 0.6) is 0 Å². The summed E-state index contributed by atoms with van der Waals surface area (Å²) in [6, 6.07) is 0. The van der Waals surface area contributed by atoms with Crippen LogP contribution in [0, 0.1) is 0 Å². The number of hydrogen-bond donors (Lipinski definition) is 2. The fourth-order valence-electron chi connectivity index (χ4n) is 0.965. The predicted octanol–water partition coefficient (Wildman–Crippen LogP) is 0.318. The summed E-state index contributed by atoms with van der Waals surface area (Å²) in [7, 11) is 1.73. The Kier molecular flexibility index (Phi) is 2.22. The third kappa shape index (κ3) is 2.17. The average Bonchev–Trinajstić information content (AvgIpc) is 2.32. The molecule has 0 fully saturated rings. The van der Waals surface area contributed by atoms with Gasteiger partial charge < -0.3 is 10.4 Å². The van der Waals surface area contributed by atoms with Gasteiger partial charge >= 0.3 is 6.09 Å². The van der Waals surface area contributed by atoms with Gasteiger partial charge in [-0.05, 0) is 13.8 Å². The van der Waals surface area contributed by atoms with E-state index in [1.807, 2.05) is 0 Å². The second-order valence-corrected chi connectivity index (χ2v) is 3.33. The molecule has 0 aromatic carbocycles. The van der Waals surface area contributed by atoms with Crippen LogP contribution in [0.2, 0.25) is 0 Å². The first-order chi connectivity index (χ1) is 5.92. The zero-order valence-electron chi connectivity index (χ0n) is 7.77. The second-order valence-electron chi connectivity index (χ2n) is 3.33. The second kappa shape index (κ2) is 3.04. The molecule has 6 nitrogen and oxygen atoms in total. The molecule has 13 heavy (non-hydrogen) atoms. The third-order valence-corrected chi connectivity index (χ3v) is 1.66. The first kappa shape index (κ1) is 9.50. The van der Waals surface area contributed by atoms with Crippen molar-refractivity contribution < 1.29 is 9.90 Å². The average molecular weight is 184 g/mol. The van der Waals surface area contributed by atoms with Crippen LogP contribution >= 0.6 is 0 Å². The van der Waals surface area contributed by atoms with E-state index in [0.717, 1.165) is 0 Å². The van der Waals surface area contributed by atoms with Gasteiger partial charge in [-0.3, -0.25) is 4.68 Å². The first-order valence-electron chi connectivity index (χ1n) is 3.80. The largest absolute Gasteiger partial charge is 0.465 e. The Morgan fingerprint density at radius 3 is 2.69 bits per heavy atom. The Morgan fingerprint density at radius 2 is 2.31 bits per heavy atom. The standard InChI is InChI=1S/C7H12N4O2/c1-7(2,8-6(12)13)5-4-11(3)10-9-5/h4,8H,1-3H3,(H,12,13). The molecule has 0 saturated heterocycles. The molecule has 0 aliphatic rings. The van der Waals surface area contributed by atoms with Crippen LogP contribution < -0.4 is 5.32 Å². The van der Waals surface area contributed by atoms with Crippen LogP contribution in [0.4, 0.5) is 4.79 Å². The number of nitrogens with one attached hydrogen (secondary N) is 1. The predicted molar refractivity (Wildman–Crippen MR) is 45.2 cm³/mol. The number of amides is 1. The van der Waals surface area contributed by atoms with E-state index in [0.29, 0.717) is 5.69 Å². The third-order valence-electron chi connectivity index (χ3n) is 1.66. The molecule has 72 valence electrons. The van der Waals surface area contributed by atoms with Crippen molar-refractivity contribution in [3.05, 3.63) is 11.9 Å². The molecule has 0 aliphatic carbocycles. The lowest BCUT2D eigenvalue weighted by atomic mass is 10.0. The molecule has 6 heteroatoms. The smallest absolute Gasteiger partial charge is 0.405 e. The van der Waals surface area contributed by atoms with Crippen LogP contribution in [0.1, 0.15) is 19.5 Å². The van der Waals surface area contributed by atoms with E-state index < -0.39 is 11.6 Å². The van der Waals surface area contributed by atoms with Crippen molar-refractivity contribution in [1.82, 2.24) is 20.3 Å². The van der Waals surface area contributed by atoms with E-state index in [1.165, 1.54) is 4.68 Å². The summed E-state index contributed by atoms with van der Waals surface area (Å²) in [6.45, 7) is 3.45. The van der Waals surface area contributed by atoms with Gasteiger partial charge in [0.1, 0.15) is 5.69 Å². The van der Waals surface area contributed by atoms with Gasteiger partial charge in [0.05, 0.1) is 11.7 Å². The highest BCUT2D eigenvalue weighted by atomic mass is 16.4. The molecule has 1 amide bonds. The summed E-state index contributed by atoms with van der Waals surface area (Å²) in [6.07, 6.45) is 0.603. The van der Waals surface area contributed by atoms with Crippen LogP contribution in [0.15, 0.2) is 6.20 Å². The molecule has 1 aromatic heterocycles. The maximum atomic E-state index is 10.4. The molecular formula is C7H12N4O2. The van der Waals surface area contributed by atoms with Gasteiger partial charge in [0, 0.05) is 7.05 Å². The summed E-state index contributed by atoms with van der Waals surface area (Å²) in [4.78, 5) is 10.4. The highest BCUT2D eigenvalue weighted by molar-refractivity contribution is 5.65. The summed E-state index contributed by atoms with van der Waals surface area (Å²) in [5.41, 5.74) is -0.113. The van der Waals surface area contributed by atoms with E-state index >= 15 is 0 Å². The van der Waals surface area contributed by atoms with Gasteiger partial charge in [-0.1, -0.05) is 5.21 Å². The molecular weight excluding hydrogens is 172 g/mol. The first-order valence-corrected chi connectivity index (χ1v) is 3.80. The quantitative estimate of drug-likeness (QED) is 0.693. The van der Waals surface area contributed by atoms with E-state index in [4.69, 9.17) is 5.11 Å². The zero-order chi connectivity index (χ0) is 10.1. The van der Waals surface area contributed by atoms with Crippen molar-refractivity contribution in [3.63, 3.8) is 0 Å². The number of carbonyl (C=O) groups is 1. The lowest BCUT2D eigenvalue weighted by molar-refractivity contribution is 0.181. The van der Waals surface area contributed by atoms with Crippen molar-refractivity contribution in [1.29, 1.82) is 0 Å². The molecule has 0 atom stereocenters. The summed E-state index contributed by atoms with van der Waals surface area (Å²) >= 11 is 0. The zero-order valence-corrected chi connectivity index (χ0v) is 7.77. The molecule has 0 saturated carbocycles. The molecule has 0 bridgehead atoms. The van der Waals surface area contributed by atoms with Gasteiger partial charge in [-0.2, -0.15) is 0 Å². The number of hydrogen-bond acceptors (Lipinski definition) is 3. The molecule has 1 aromatic rings. The molecule has 0 spiro atoms. The highest BCUT2D eigenvalue weighted by Gasteiger charge is 2.25. The van der Waals surface area contributed by atoms with Crippen molar-refractivity contribution in [3.8, 4) is 0 Å². The van der Waals surface area contributed by atoms with Crippen molar-refractivity contribution in [2.24, 2.45) is 7.05 Å². The van der Waals surface area contributed by atoms with Gasteiger partial charge in [-0.25, -0.2) is 4.79 Å². The van der Waals surface area contributed by atoms with Crippen molar-refractivity contribution in [2.75, 3.05) is 0 Å². The summed E-state index contributed by atoms with van der Waals surface area (Å²) < 4.78 is 1.53. The molecule has 2 N–H and O–H groups in total. The van der Waals surface area contributed by atoms with Gasteiger partial charge in [0.25, 0.3) is 0 Å². The minimum atomic E-state index is -1.07. The highest BCUT2D eigenvalue weighted by Crippen LogP contribution is 2.15. The van der Waals surface area contributed by atoms with Crippen LogP contribution in [0.3, 0.4) is 0 Å². The van der Waals surface area contributed by atoms with Crippen LogP contribution in [0.25, 0.3) is 0 Å². The topological polar surface area (TPSA) is 80.0 Å². The number of aryl methyl sites for hydroxylation is 1. The van der Waals surface area contributed by atoms with Crippen LogP contribution in [-0.4, -0.2) is 26.2 Å². The molecule has 1 rings (SSSR count). The summed E-state index contributed by atoms with van der Waals surface area (Å²) in [5, 5.41) is 18.5. The number of rotatable bonds is 2. The SMILES string of the molecule is Cn1cc(C(C)(C)NC(=O)O)nn1. The number of carboxylic acid groups (broad SMARTS) is 1. The van der Waals surface area contributed by atoms with Crippen molar-refractivity contribution in [2.45, 2.75) is 19.4 Å². The van der Waals surface area contributed by atoms with E-state index in [-0.39, 0.29) is 0 Å². The fourth-order valence-corrected chi connectivity index (χ4v) is 0.965. The van der Waals surface area contributed by atoms with Gasteiger partial charge in [0.15, 0.2) is 0 Å². The fraction of sp³-hybridized carbons (Fsp3) is 0.571. The van der Waals surface area contributed by atoms with Crippen LogP contribution in [-0.2, 0) is 12.6 Å². The van der Waals surface area contributed by atoms with E-state index in [2.05, 4.69) is 15.6 Å².